The van der Waals surface area contributed by atoms with Crippen LogP contribution < -0.4 is 14.5 Å². The molecule has 236 valence electrons. The molecule has 2 heterocycles. The van der Waals surface area contributed by atoms with E-state index in [9.17, 15) is 28.7 Å². The molecule has 3 aromatic carbocycles. The van der Waals surface area contributed by atoms with E-state index in [-0.39, 0.29) is 35.9 Å². The molecular weight excluding hydrogens is 864 g/mol. The molecule has 0 aromatic heterocycles. The Bertz CT molecular complexity index is 1890. The van der Waals surface area contributed by atoms with Gasteiger partial charge in [-0.15, -0.1) is 23.2 Å². The van der Waals surface area contributed by atoms with E-state index in [1.165, 1.54) is 30.2 Å². The van der Waals surface area contributed by atoms with Gasteiger partial charge in [0.2, 0.25) is 11.8 Å². The Hall–Kier alpha value is -2.75. The van der Waals surface area contributed by atoms with Crippen molar-refractivity contribution in [1.29, 1.82) is 0 Å². The maximum Gasteiger partial charge on any atom is 0.258 e. The topological polar surface area (TPSA) is 104 Å². The molecule has 4 amide bonds. The number of carbonyl (C=O) groups excluding carboxylic acids is 4. The van der Waals surface area contributed by atoms with E-state index < -0.39 is 57.0 Å². The van der Waals surface area contributed by atoms with Crippen LogP contribution in [-0.4, -0.2) is 45.6 Å². The fourth-order valence-electron chi connectivity index (χ4n) is 7.53. The van der Waals surface area contributed by atoms with Crippen LogP contribution >= 0.6 is 68.4 Å². The number of allylic oxidation sites excluding steroid dienone is 2. The lowest BCUT2D eigenvalue weighted by atomic mass is 9.56. The molecule has 0 unspecified atom stereocenters. The van der Waals surface area contributed by atoms with Crippen LogP contribution in [0.5, 0.6) is 11.5 Å². The molecule has 13 heteroatoms. The Morgan fingerprint density at radius 1 is 0.891 bits per heavy atom. The number of benzene rings is 3. The Morgan fingerprint density at radius 2 is 1.52 bits per heavy atom. The molecule has 3 fully saturated rings. The second-order valence-corrected chi connectivity index (χ2v) is 15.4. The highest BCUT2D eigenvalue weighted by Crippen LogP contribution is 2.66. The minimum absolute atomic E-state index is 0.0919. The number of fused-ring (bicyclic) bond motifs is 4. The number of imide groups is 2. The Morgan fingerprint density at radius 3 is 2.17 bits per heavy atom. The molecule has 2 aliphatic carbocycles. The summed E-state index contributed by atoms with van der Waals surface area (Å²) in [6.07, 6.45) is 1.84. The molecule has 2 saturated heterocycles. The monoisotopic (exact) mass is 886 g/mol. The van der Waals surface area contributed by atoms with Gasteiger partial charge < -0.3 is 9.84 Å². The summed E-state index contributed by atoms with van der Waals surface area (Å²) in [5.41, 5.74) is 1.57. The molecule has 2 aliphatic heterocycles. The van der Waals surface area contributed by atoms with Gasteiger partial charge in [0.25, 0.3) is 11.8 Å². The number of phenols is 1. The van der Waals surface area contributed by atoms with Crippen molar-refractivity contribution in [2.75, 3.05) is 16.9 Å². The van der Waals surface area contributed by atoms with E-state index in [4.69, 9.17) is 27.9 Å². The highest BCUT2D eigenvalue weighted by Gasteiger charge is 2.76. The lowest BCUT2D eigenvalue weighted by Crippen LogP contribution is -2.60. The number of alkyl halides is 2. The molecule has 46 heavy (non-hydrogen) atoms. The van der Waals surface area contributed by atoms with E-state index >= 15 is 0 Å². The van der Waals surface area contributed by atoms with E-state index in [1.54, 1.807) is 30.3 Å². The quantitative estimate of drug-likeness (QED) is 0.139. The van der Waals surface area contributed by atoms with Crippen LogP contribution in [0.2, 0.25) is 0 Å². The van der Waals surface area contributed by atoms with Gasteiger partial charge in [0.05, 0.1) is 33.9 Å². The van der Waals surface area contributed by atoms with Gasteiger partial charge >= 0.3 is 0 Å². The summed E-state index contributed by atoms with van der Waals surface area (Å²) in [5, 5.41) is 10.6. The van der Waals surface area contributed by atoms with Gasteiger partial charge in [-0.25, -0.2) is 9.29 Å². The van der Waals surface area contributed by atoms with Crippen molar-refractivity contribution >= 4 is 103 Å². The number of hydrogen-bond acceptors (Lipinski definition) is 6. The molecule has 1 N–H and O–H groups in total. The molecule has 4 aliphatic rings. The van der Waals surface area contributed by atoms with Crippen molar-refractivity contribution in [1.82, 2.24) is 0 Å². The first kappa shape index (κ1) is 31.8. The molecule has 0 bridgehead atoms. The predicted octanol–water partition coefficient (Wildman–Crippen LogP) is 6.52. The van der Waals surface area contributed by atoms with Crippen molar-refractivity contribution in [2.45, 2.75) is 28.5 Å². The summed E-state index contributed by atoms with van der Waals surface area (Å²) in [5.74, 6) is -6.32. The lowest BCUT2D eigenvalue weighted by molar-refractivity contribution is -0.125. The number of methoxy groups -OCH3 is 1. The number of nitrogens with zero attached hydrogens (tertiary/aromatic N) is 2. The summed E-state index contributed by atoms with van der Waals surface area (Å²) < 4.78 is 20.6. The first-order valence-corrected chi connectivity index (χ1v) is 17.2. The number of ether oxygens (including phenoxy) is 1. The minimum atomic E-state index is -2.10. The maximum absolute atomic E-state index is 14.5. The number of aromatic hydroxyl groups is 1. The van der Waals surface area contributed by atoms with Crippen LogP contribution in [0, 0.1) is 30.7 Å². The van der Waals surface area contributed by atoms with Crippen molar-refractivity contribution < 1.29 is 33.4 Å². The van der Waals surface area contributed by atoms with Crippen LogP contribution in [-0.2, 0) is 19.2 Å². The molecule has 6 atom stereocenters. The van der Waals surface area contributed by atoms with Gasteiger partial charge in [-0.05, 0) is 130 Å². The van der Waals surface area contributed by atoms with Crippen molar-refractivity contribution in [3.8, 4) is 11.5 Å². The largest absolute Gasteiger partial charge is 0.504 e. The van der Waals surface area contributed by atoms with Crippen LogP contribution in [0.4, 0.5) is 15.8 Å². The Kier molecular flexibility index (Phi) is 7.72. The van der Waals surface area contributed by atoms with Crippen LogP contribution in [0.15, 0.2) is 72.3 Å². The standard InChI is InChI=1S/C33H23Cl2FI2N2O6/c1-46-24-13-15(12-23(38)27(24)41)26-20-10-11-21-25(29(43)39(28(21)42)18-8-4-17(37)5-9-18)22(20)14-32(34)30(44)40(31(45)33(26,32)35)19-6-2-16(36)3-7-19/h2-10,12-13,21-22,25-26,41H,11,14H2,1H3/t21-,22+,25-,26-,32+,33-/m0/s1. The zero-order chi connectivity index (χ0) is 32.9. The third-order valence-corrected chi connectivity index (χ3v) is 12.5. The number of anilines is 2. The fraction of sp³-hybridized carbons (Fsp3) is 0.273. The number of hydrogen-bond donors (Lipinski definition) is 1. The summed E-state index contributed by atoms with van der Waals surface area (Å²) in [6.45, 7) is 0. The van der Waals surface area contributed by atoms with Gasteiger partial charge in [0.1, 0.15) is 5.82 Å². The Labute approximate surface area is 300 Å². The molecule has 3 aromatic rings. The highest BCUT2D eigenvalue weighted by molar-refractivity contribution is 14.1. The average Bonchev–Trinajstić information content (AvgIpc) is 3.37. The number of halogens is 5. The van der Waals surface area contributed by atoms with Gasteiger partial charge in [0.15, 0.2) is 21.2 Å². The van der Waals surface area contributed by atoms with Crippen molar-refractivity contribution in [3.05, 3.63) is 90.8 Å². The normalized spacial score (nSPS) is 30.3. The Balaban J connectivity index is 1.42. The molecule has 0 radical (unpaired) electrons. The summed E-state index contributed by atoms with van der Waals surface area (Å²) in [6, 6.07) is 15.1. The van der Waals surface area contributed by atoms with Gasteiger partial charge in [-0.3, -0.25) is 24.1 Å². The first-order valence-electron chi connectivity index (χ1n) is 14.3. The summed E-state index contributed by atoms with van der Waals surface area (Å²) in [7, 11) is 1.38. The maximum atomic E-state index is 14.5. The van der Waals surface area contributed by atoms with E-state index in [0.717, 1.165) is 20.6 Å². The number of phenolic OH excluding ortho intramolecular Hbond substituents is 1. The van der Waals surface area contributed by atoms with E-state index in [1.807, 2.05) is 28.7 Å². The number of amides is 4. The average molecular weight is 887 g/mol. The fourth-order valence-corrected chi connectivity index (χ4v) is 9.45. The smallest absolute Gasteiger partial charge is 0.258 e. The van der Waals surface area contributed by atoms with Gasteiger partial charge in [0, 0.05) is 9.49 Å². The van der Waals surface area contributed by atoms with Crippen molar-refractivity contribution in [3.63, 3.8) is 0 Å². The van der Waals surface area contributed by atoms with Crippen molar-refractivity contribution in [2.24, 2.45) is 17.8 Å². The lowest BCUT2D eigenvalue weighted by Gasteiger charge is -2.50. The van der Waals surface area contributed by atoms with E-state index in [2.05, 4.69) is 22.6 Å². The molecule has 1 saturated carbocycles. The SMILES string of the molecule is COc1cc([C@H]2C3=CC[C@@H]4C(=O)N(c5ccc(I)cc5)C(=O)[C@@H]4[C@@H]3C[C@@]3(Cl)C(=O)N(c4ccc(F)cc4)C(=O)[C@@]23Cl)cc(I)c1O. The number of carbonyl (C=O) groups is 4. The van der Waals surface area contributed by atoms with Gasteiger partial charge in [-0.2, -0.15) is 0 Å². The summed E-state index contributed by atoms with van der Waals surface area (Å²) in [4.78, 5) is 54.8. The molecule has 0 spiro atoms. The van der Waals surface area contributed by atoms with Gasteiger partial charge in [-0.1, -0.05) is 11.6 Å². The zero-order valence-electron chi connectivity index (χ0n) is 23.8. The van der Waals surface area contributed by atoms with Crippen LogP contribution in [0.3, 0.4) is 0 Å². The van der Waals surface area contributed by atoms with E-state index in [0.29, 0.717) is 20.4 Å². The molecular formula is C33H23Cl2FI2N2O6. The van der Waals surface area contributed by atoms with Crippen LogP contribution in [0.25, 0.3) is 0 Å². The third kappa shape index (κ3) is 4.33. The molecule has 7 rings (SSSR count). The summed E-state index contributed by atoms with van der Waals surface area (Å²) >= 11 is 18.9. The second-order valence-electron chi connectivity index (χ2n) is 11.8. The predicted molar refractivity (Wildman–Crippen MR) is 186 cm³/mol. The minimum Gasteiger partial charge on any atom is -0.504 e. The highest BCUT2D eigenvalue weighted by atomic mass is 127. The van der Waals surface area contributed by atoms with Crippen LogP contribution in [0.1, 0.15) is 24.3 Å². The molecule has 8 nitrogen and oxygen atoms in total. The number of rotatable bonds is 4. The first-order chi connectivity index (χ1) is 21.8. The third-order valence-electron chi connectivity index (χ3n) is 9.58. The second kappa shape index (κ2) is 11.2. The zero-order valence-corrected chi connectivity index (χ0v) is 29.7.